The van der Waals surface area contributed by atoms with Crippen molar-refractivity contribution in [3.05, 3.63) is 20.2 Å². The second-order valence-corrected chi connectivity index (χ2v) is 4.27. The molecule has 0 saturated heterocycles. The normalized spacial score (nSPS) is 71.7. The Bertz CT molecular complexity index is 348. The summed E-state index contributed by atoms with van der Waals surface area (Å²) in [6.07, 6.45) is 0. The van der Waals surface area contributed by atoms with Crippen molar-refractivity contribution in [3.8, 4) is 0 Å². The molecule has 4 unspecified atom stereocenters. The minimum atomic E-state index is -1.08. The van der Waals surface area contributed by atoms with Crippen LogP contribution in [0.4, 0.5) is 0 Å². The van der Waals surface area contributed by atoms with E-state index in [2.05, 4.69) is 0 Å². The molecule has 6 heteroatoms. The number of rotatable bonds is 2. The van der Waals surface area contributed by atoms with Gasteiger partial charge in [0.1, 0.15) is 5.92 Å². The summed E-state index contributed by atoms with van der Waals surface area (Å²) < 4.78 is 0. The van der Waals surface area contributed by atoms with Crippen LogP contribution in [0.25, 0.3) is 0 Å². The van der Waals surface area contributed by atoms with Gasteiger partial charge in [0.2, 0.25) is 0 Å². The molecular weight excluding hydrogens is 164 g/mol. The molecule has 5 rings (SSSR count). The van der Waals surface area contributed by atoms with Gasteiger partial charge in [-0.3, -0.25) is 20.2 Å². The Morgan fingerprint density at radius 1 is 1.00 bits per heavy atom. The molecule has 0 bridgehead atoms. The van der Waals surface area contributed by atoms with Crippen LogP contribution in [0.15, 0.2) is 0 Å². The Morgan fingerprint density at radius 2 is 1.42 bits per heavy atom. The molecule has 5 fully saturated rings. The largest absolute Gasteiger partial charge is 0.305 e. The third kappa shape index (κ3) is 0.172. The fourth-order valence-electron chi connectivity index (χ4n) is 4.37. The molecule has 0 radical (unpaired) electrons. The van der Waals surface area contributed by atoms with Gasteiger partial charge in [-0.1, -0.05) is 0 Å². The summed E-state index contributed by atoms with van der Waals surface area (Å²) in [7, 11) is 0. The maximum Gasteiger partial charge on any atom is 0.305 e. The Labute approximate surface area is 65.8 Å². The minimum absolute atomic E-state index is 0.0860. The summed E-state index contributed by atoms with van der Waals surface area (Å²) in [6.45, 7) is 0. The number of hydrogen-bond acceptors (Lipinski definition) is 4. The van der Waals surface area contributed by atoms with E-state index in [4.69, 9.17) is 0 Å². The van der Waals surface area contributed by atoms with Crippen molar-refractivity contribution in [2.45, 2.75) is 11.1 Å². The van der Waals surface area contributed by atoms with E-state index in [1.54, 1.807) is 0 Å². The van der Waals surface area contributed by atoms with Gasteiger partial charge in [-0.25, -0.2) is 0 Å². The lowest BCUT2D eigenvalue weighted by Gasteiger charge is -2.19. The molecule has 0 N–H and O–H groups in total. The van der Waals surface area contributed by atoms with Crippen molar-refractivity contribution in [2.24, 2.45) is 23.7 Å². The molecule has 5 saturated carbocycles. The van der Waals surface area contributed by atoms with Crippen LogP contribution in [0.1, 0.15) is 0 Å². The molecular formula is C6H4N2O4. The van der Waals surface area contributed by atoms with Gasteiger partial charge < -0.3 is 0 Å². The molecule has 62 valence electrons. The van der Waals surface area contributed by atoms with E-state index >= 15 is 0 Å². The number of nitro groups is 2. The molecule has 0 amide bonds. The average molecular weight is 168 g/mol. The monoisotopic (exact) mass is 168 g/mol. The quantitative estimate of drug-likeness (QED) is 0.412. The van der Waals surface area contributed by atoms with E-state index in [1.165, 1.54) is 0 Å². The lowest BCUT2D eigenvalue weighted by molar-refractivity contribution is -0.642. The SMILES string of the molecule is O=[N+]([O-])C12C3C4C3C1([N+](=O)[O-])C42. The molecule has 0 aromatic rings. The second-order valence-electron chi connectivity index (χ2n) is 4.27. The standard InChI is InChI=1S/C6H4N2O4/c9-7(10)5-2-1-3(2)6(5,4(1)5)8(11)12/h1-4H. The first-order chi connectivity index (χ1) is 5.62. The number of hydrogen-bond donors (Lipinski definition) is 0. The summed E-state index contributed by atoms with van der Waals surface area (Å²) in [6, 6.07) is 0. The van der Waals surface area contributed by atoms with Crippen molar-refractivity contribution >= 4 is 0 Å². The molecule has 0 aromatic heterocycles. The third-order valence-electron chi connectivity index (χ3n) is 4.59. The highest BCUT2D eigenvalue weighted by molar-refractivity contribution is 5.63. The van der Waals surface area contributed by atoms with Gasteiger partial charge in [0.05, 0.1) is 11.8 Å². The van der Waals surface area contributed by atoms with E-state index in [0.29, 0.717) is 5.92 Å². The van der Waals surface area contributed by atoms with Crippen molar-refractivity contribution in [1.82, 2.24) is 0 Å². The van der Waals surface area contributed by atoms with Crippen molar-refractivity contribution in [3.63, 3.8) is 0 Å². The van der Waals surface area contributed by atoms with E-state index in [0.717, 1.165) is 0 Å². The summed E-state index contributed by atoms with van der Waals surface area (Å²) in [5, 5.41) is 21.2. The van der Waals surface area contributed by atoms with Gasteiger partial charge in [0.15, 0.2) is 0 Å². The summed E-state index contributed by atoms with van der Waals surface area (Å²) >= 11 is 0. The van der Waals surface area contributed by atoms with Gasteiger partial charge in [-0.15, -0.1) is 0 Å². The van der Waals surface area contributed by atoms with Gasteiger partial charge >= 0.3 is 11.1 Å². The zero-order valence-corrected chi connectivity index (χ0v) is 5.84. The molecule has 4 atom stereocenters. The molecule has 5 aliphatic carbocycles. The van der Waals surface area contributed by atoms with Gasteiger partial charge in [-0.05, 0) is 5.92 Å². The van der Waals surface area contributed by atoms with Crippen LogP contribution in [-0.2, 0) is 0 Å². The van der Waals surface area contributed by atoms with Gasteiger partial charge in [0.25, 0.3) is 0 Å². The van der Waals surface area contributed by atoms with Crippen molar-refractivity contribution < 1.29 is 9.85 Å². The predicted octanol–water partition coefficient (Wildman–Crippen LogP) is -0.463. The maximum absolute atomic E-state index is 10.6. The minimum Gasteiger partial charge on any atom is -0.264 e. The molecule has 0 aromatic carbocycles. The lowest BCUT2D eigenvalue weighted by Crippen LogP contribution is -2.50. The molecule has 0 spiro atoms. The zero-order valence-electron chi connectivity index (χ0n) is 5.84. The molecule has 12 heavy (non-hydrogen) atoms. The Balaban J connectivity index is 1.89. The Kier molecular flexibility index (Phi) is 0.415. The smallest absolute Gasteiger partial charge is 0.264 e. The van der Waals surface area contributed by atoms with Gasteiger partial charge in [0, 0.05) is 9.85 Å². The summed E-state index contributed by atoms with van der Waals surface area (Å²) in [4.78, 5) is 20.4. The number of nitrogens with zero attached hydrogens (tertiary/aromatic N) is 2. The molecule has 5 aliphatic rings. The maximum atomic E-state index is 10.6. The molecule has 0 heterocycles. The van der Waals surface area contributed by atoms with E-state index < -0.39 is 20.9 Å². The molecule has 0 aliphatic heterocycles. The summed E-state index contributed by atoms with van der Waals surface area (Å²) in [5.74, 6) is 0.344. The van der Waals surface area contributed by atoms with Gasteiger partial charge in [-0.2, -0.15) is 0 Å². The lowest BCUT2D eigenvalue weighted by atomic mass is 9.88. The van der Waals surface area contributed by atoms with Crippen molar-refractivity contribution in [2.75, 3.05) is 0 Å². The van der Waals surface area contributed by atoms with E-state index in [-0.39, 0.29) is 17.8 Å². The highest BCUT2D eigenvalue weighted by Gasteiger charge is 3.30. The first-order valence-electron chi connectivity index (χ1n) is 3.92. The Hall–Kier alpha value is -1.20. The first kappa shape index (κ1) is 5.45. The van der Waals surface area contributed by atoms with Crippen LogP contribution in [0.3, 0.4) is 0 Å². The Morgan fingerprint density at radius 3 is 1.67 bits per heavy atom. The highest BCUT2D eigenvalue weighted by atomic mass is 16.7. The van der Waals surface area contributed by atoms with Crippen LogP contribution >= 0.6 is 0 Å². The van der Waals surface area contributed by atoms with Crippen LogP contribution < -0.4 is 0 Å². The van der Waals surface area contributed by atoms with E-state index in [1.807, 2.05) is 0 Å². The molecule has 6 nitrogen and oxygen atoms in total. The summed E-state index contributed by atoms with van der Waals surface area (Å²) in [5.41, 5.74) is -2.16. The average Bonchev–Trinajstić information content (AvgIpc) is 2.33. The van der Waals surface area contributed by atoms with Crippen LogP contribution in [0, 0.1) is 43.9 Å². The van der Waals surface area contributed by atoms with Crippen molar-refractivity contribution in [1.29, 1.82) is 0 Å². The van der Waals surface area contributed by atoms with Crippen LogP contribution in [-0.4, -0.2) is 20.9 Å². The third-order valence-corrected chi connectivity index (χ3v) is 4.59. The first-order valence-corrected chi connectivity index (χ1v) is 3.92. The fraction of sp³-hybridized carbons (Fsp3) is 1.00. The van der Waals surface area contributed by atoms with Crippen LogP contribution in [0.5, 0.6) is 0 Å². The highest BCUT2D eigenvalue weighted by Crippen LogP contribution is 3.05. The topological polar surface area (TPSA) is 86.3 Å². The van der Waals surface area contributed by atoms with Crippen LogP contribution in [0.2, 0.25) is 0 Å². The zero-order chi connectivity index (χ0) is 8.46. The second kappa shape index (κ2) is 0.915. The van der Waals surface area contributed by atoms with E-state index in [9.17, 15) is 20.2 Å². The predicted molar refractivity (Wildman–Crippen MR) is 33.4 cm³/mol. The fourth-order valence-corrected chi connectivity index (χ4v) is 4.37.